The van der Waals surface area contributed by atoms with E-state index >= 15 is 0 Å². The zero-order valence-corrected chi connectivity index (χ0v) is 7.60. The van der Waals surface area contributed by atoms with Crippen LogP contribution in [0.2, 0.25) is 0 Å². The van der Waals surface area contributed by atoms with Crippen LogP contribution in [0.1, 0.15) is 28.4 Å². The molecule has 70 valence electrons. The molecule has 0 heterocycles. The van der Waals surface area contributed by atoms with Gasteiger partial charge in [-0.2, -0.15) is 0 Å². The van der Waals surface area contributed by atoms with Gasteiger partial charge in [-0.3, -0.25) is 0 Å². The van der Waals surface area contributed by atoms with Gasteiger partial charge in [0.25, 0.3) is 0 Å². The second kappa shape index (κ2) is 3.56. The molecule has 0 aliphatic heterocycles. The summed E-state index contributed by atoms with van der Waals surface area (Å²) in [5, 5.41) is 8.69. The lowest BCUT2D eigenvalue weighted by Gasteiger charge is -2.05. The highest BCUT2D eigenvalue weighted by molar-refractivity contribution is 5.89. The van der Waals surface area contributed by atoms with Gasteiger partial charge in [-0.05, 0) is 30.5 Å². The first kappa shape index (κ1) is 9.71. The minimum absolute atomic E-state index is 0.0368. The van der Waals surface area contributed by atoms with E-state index in [0.29, 0.717) is 12.0 Å². The highest BCUT2D eigenvalue weighted by Crippen LogP contribution is 2.17. The average Bonchev–Trinajstić information content (AvgIpc) is 2.09. The molecule has 0 spiro atoms. The summed E-state index contributed by atoms with van der Waals surface area (Å²) in [5.41, 5.74) is 0.809. The predicted molar refractivity (Wildman–Crippen MR) is 47.5 cm³/mol. The molecular weight excluding hydrogens is 171 g/mol. The number of hydrogen-bond acceptors (Lipinski definition) is 1. The van der Waals surface area contributed by atoms with Gasteiger partial charge in [0.2, 0.25) is 0 Å². The van der Waals surface area contributed by atoms with Crippen molar-refractivity contribution in [2.75, 3.05) is 0 Å². The Labute approximate surface area is 76.0 Å². The van der Waals surface area contributed by atoms with E-state index in [2.05, 4.69) is 0 Å². The van der Waals surface area contributed by atoms with Gasteiger partial charge in [0.05, 0.1) is 5.56 Å². The van der Waals surface area contributed by atoms with Crippen LogP contribution in [0.25, 0.3) is 0 Å². The van der Waals surface area contributed by atoms with E-state index < -0.39 is 11.8 Å². The highest BCUT2D eigenvalue weighted by Gasteiger charge is 2.12. The Morgan fingerprint density at radius 1 is 1.54 bits per heavy atom. The van der Waals surface area contributed by atoms with Crippen molar-refractivity contribution in [3.05, 3.63) is 34.6 Å². The summed E-state index contributed by atoms with van der Waals surface area (Å²) < 4.78 is 13.4. The third-order valence-corrected chi connectivity index (χ3v) is 2.08. The number of aromatic carboxylic acids is 1. The van der Waals surface area contributed by atoms with Gasteiger partial charge in [0.15, 0.2) is 0 Å². The molecule has 0 unspecified atom stereocenters. The predicted octanol–water partition coefficient (Wildman–Crippen LogP) is 2.39. The van der Waals surface area contributed by atoms with Gasteiger partial charge in [-0.25, -0.2) is 9.18 Å². The smallest absolute Gasteiger partial charge is 0.336 e. The average molecular weight is 182 g/mol. The SMILES string of the molecule is CCc1ccc(C(=O)O)c(C)c1F. The Kier molecular flexibility index (Phi) is 2.66. The van der Waals surface area contributed by atoms with E-state index in [1.165, 1.54) is 19.1 Å². The van der Waals surface area contributed by atoms with E-state index in [4.69, 9.17) is 5.11 Å². The first-order chi connectivity index (χ1) is 6.07. The minimum Gasteiger partial charge on any atom is -0.478 e. The molecule has 0 bridgehead atoms. The summed E-state index contributed by atoms with van der Waals surface area (Å²) in [5.74, 6) is -1.48. The number of benzene rings is 1. The van der Waals surface area contributed by atoms with E-state index in [1.807, 2.05) is 6.92 Å². The Morgan fingerprint density at radius 3 is 2.62 bits per heavy atom. The van der Waals surface area contributed by atoms with E-state index in [1.54, 1.807) is 0 Å². The van der Waals surface area contributed by atoms with Crippen molar-refractivity contribution in [1.29, 1.82) is 0 Å². The molecule has 0 radical (unpaired) electrons. The molecule has 1 aromatic carbocycles. The Bertz CT molecular complexity index is 345. The van der Waals surface area contributed by atoms with Gasteiger partial charge >= 0.3 is 5.97 Å². The fourth-order valence-electron chi connectivity index (χ4n) is 1.25. The maximum absolute atomic E-state index is 13.4. The Morgan fingerprint density at radius 2 is 2.15 bits per heavy atom. The van der Waals surface area contributed by atoms with E-state index in [0.717, 1.165) is 0 Å². The summed E-state index contributed by atoms with van der Waals surface area (Å²) in [6.45, 7) is 3.32. The van der Waals surface area contributed by atoms with Crippen molar-refractivity contribution < 1.29 is 14.3 Å². The lowest BCUT2D eigenvalue weighted by molar-refractivity contribution is 0.0695. The Hall–Kier alpha value is -1.38. The second-order valence-electron chi connectivity index (χ2n) is 2.87. The molecule has 0 atom stereocenters. The fraction of sp³-hybridized carbons (Fsp3) is 0.300. The third-order valence-electron chi connectivity index (χ3n) is 2.08. The lowest BCUT2D eigenvalue weighted by Crippen LogP contribution is -2.03. The molecule has 1 aromatic rings. The van der Waals surface area contributed by atoms with Crippen LogP contribution in [0.4, 0.5) is 4.39 Å². The molecule has 0 saturated carbocycles. The van der Waals surface area contributed by atoms with Gasteiger partial charge < -0.3 is 5.11 Å². The van der Waals surface area contributed by atoms with Gasteiger partial charge in [-0.1, -0.05) is 13.0 Å². The number of aryl methyl sites for hydroxylation is 1. The second-order valence-corrected chi connectivity index (χ2v) is 2.87. The summed E-state index contributed by atoms with van der Waals surface area (Å²) >= 11 is 0. The molecule has 0 fully saturated rings. The monoisotopic (exact) mass is 182 g/mol. The maximum Gasteiger partial charge on any atom is 0.336 e. The minimum atomic E-state index is -1.08. The molecule has 3 heteroatoms. The van der Waals surface area contributed by atoms with Crippen LogP contribution in [-0.4, -0.2) is 11.1 Å². The summed E-state index contributed by atoms with van der Waals surface area (Å²) in [6, 6.07) is 2.96. The summed E-state index contributed by atoms with van der Waals surface area (Å²) in [4.78, 5) is 10.6. The number of hydrogen-bond donors (Lipinski definition) is 1. The van der Waals surface area contributed by atoms with Crippen LogP contribution >= 0.6 is 0 Å². The van der Waals surface area contributed by atoms with Crippen LogP contribution in [0.5, 0.6) is 0 Å². The molecule has 1 N–H and O–H groups in total. The van der Waals surface area contributed by atoms with E-state index in [9.17, 15) is 9.18 Å². The van der Waals surface area contributed by atoms with Crippen molar-refractivity contribution in [3.8, 4) is 0 Å². The zero-order valence-electron chi connectivity index (χ0n) is 7.60. The largest absolute Gasteiger partial charge is 0.478 e. The van der Waals surface area contributed by atoms with Crippen LogP contribution in [0.15, 0.2) is 12.1 Å². The van der Waals surface area contributed by atoms with Crippen molar-refractivity contribution in [2.24, 2.45) is 0 Å². The molecule has 0 aliphatic carbocycles. The van der Waals surface area contributed by atoms with Crippen molar-refractivity contribution in [1.82, 2.24) is 0 Å². The van der Waals surface area contributed by atoms with Crippen LogP contribution in [0.3, 0.4) is 0 Å². The quantitative estimate of drug-likeness (QED) is 0.762. The molecule has 0 saturated heterocycles. The molecule has 2 nitrogen and oxygen atoms in total. The van der Waals surface area contributed by atoms with Crippen LogP contribution in [0, 0.1) is 12.7 Å². The maximum atomic E-state index is 13.4. The van der Waals surface area contributed by atoms with Gasteiger partial charge in [0, 0.05) is 0 Å². The van der Waals surface area contributed by atoms with E-state index in [-0.39, 0.29) is 11.1 Å². The number of rotatable bonds is 2. The standard InChI is InChI=1S/C10H11FO2/c1-3-7-4-5-8(10(12)13)6(2)9(7)11/h4-5H,3H2,1-2H3,(H,12,13). The van der Waals surface area contributed by atoms with Crippen molar-refractivity contribution >= 4 is 5.97 Å². The zero-order chi connectivity index (χ0) is 10.0. The number of carboxylic acids is 1. The summed E-state index contributed by atoms with van der Waals surface area (Å²) in [6.07, 6.45) is 0.576. The number of carboxylic acid groups (broad SMARTS) is 1. The number of carbonyl (C=O) groups is 1. The topological polar surface area (TPSA) is 37.3 Å². The Balaban J connectivity index is 3.31. The first-order valence-electron chi connectivity index (χ1n) is 4.09. The van der Waals surface area contributed by atoms with Crippen molar-refractivity contribution in [3.63, 3.8) is 0 Å². The summed E-state index contributed by atoms with van der Waals surface area (Å²) in [7, 11) is 0. The first-order valence-corrected chi connectivity index (χ1v) is 4.09. The molecule has 0 amide bonds. The molecular formula is C10H11FO2. The van der Waals surface area contributed by atoms with Crippen LogP contribution < -0.4 is 0 Å². The van der Waals surface area contributed by atoms with Crippen molar-refractivity contribution in [2.45, 2.75) is 20.3 Å². The van der Waals surface area contributed by atoms with Crippen LogP contribution in [-0.2, 0) is 6.42 Å². The molecule has 13 heavy (non-hydrogen) atoms. The number of halogens is 1. The highest BCUT2D eigenvalue weighted by atomic mass is 19.1. The van der Waals surface area contributed by atoms with Gasteiger partial charge in [-0.15, -0.1) is 0 Å². The molecule has 0 aliphatic rings. The lowest BCUT2D eigenvalue weighted by atomic mass is 10.0. The molecule has 0 aromatic heterocycles. The fourth-order valence-corrected chi connectivity index (χ4v) is 1.25. The van der Waals surface area contributed by atoms with Gasteiger partial charge in [0.1, 0.15) is 5.82 Å². The third kappa shape index (κ3) is 1.69. The normalized spacial score (nSPS) is 10.1. The molecule has 1 rings (SSSR count).